The van der Waals surface area contributed by atoms with Gasteiger partial charge in [-0.1, -0.05) is 73.2 Å². The number of nitrogens with zero attached hydrogens (tertiary/aromatic N) is 3. The maximum Gasteiger partial charge on any atom is 0.335 e. The second-order valence-corrected chi connectivity index (χ2v) is 10.7. The molecule has 0 saturated heterocycles. The number of hydrogen-bond donors (Lipinski definition) is 1. The van der Waals surface area contributed by atoms with E-state index in [-0.39, 0.29) is 17.1 Å². The highest BCUT2D eigenvalue weighted by molar-refractivity contribution is 6.23. The van der Waals surface area contributed by atoms with Gasteiger partial charge in [0.05, 0.1) is 28.4 Å². The molecule has 5 heteroatoms. The van der Waals surface area contributed by atoms with E-state index in [0.717, 1.165) is 42.1 Å². The third-order valence-corrected chi connectivity index (χ3v) is 8.44. The molecular weight excluding hydrogens is 482 g/mol. The fraction of sp³-hybridized carbons (Fsp3) is 0.206. The van der Waals surface area contributed by atoms with Crippen LogP contribution in [0.1, 0.15) is 53.1 Å². The minimum atomic E-state index is -0.938. The third kappa shape index (κ3) is 3.97. The number of aliphatic imine (C=N–C) groups is 2. The van der Waals surface area contributed by atoms with Crippen LogP contribution in [0.4, 0.5) is 5.69 Å². The molecule has 3 atom stereocenters. The van der Waals surface area contributed by atoms with Crippen LogP contribution in [0, 0.1) is 5.92 Å². The number of hydrogen-bond acceptors (Lipinski definition) is 4. The number of aromatic carboxylic acids is 1. The van der Waals surface area contributed by atoms with Crippen LogP contribution >= 0.6 is 0 Å². The molecule has 2 aliphatic heterocycles. The first-order valence-corrected chi connectivity index (χ1v) is 13.7. The van der Waals surface area contributed by atoms with Crippen LogP contribution < -0.4 is 0 Å². The van der Waals surface area contributed by atoms with Gasteiger partial charge in [-0.25, -0.2) is 9.79 Å². The second-order valence-electron chi connectivity index (χ2n) is 10.7. The number of benzene rings is 3. The summed E-state index contributed by atoms with van der Waals surface area (Å²) in [5, 5.41) is 9.23. The van der Waals surface area contributed by atoms with E-state index < -0.39 is 5.97 Å². The lowest BCUT2D eigenvalue weighted by molar-refractivity contribution is 0.0686. The molecule has 7 rings (SSSR count). The van der Waals surface area contributed by atoms with Crippen LogP contribution in [0.3, 0.4) is 0 Å². The molecule has 39 heavy (non-hydrogen) atoms. The molecule has 4 aliphatic rings. The van der Waals surface area contributed by atoms with Crippen LogP contribution in [0.5, 0.6) is 0 Å². The smallest absolute Gasteiger partial charge is 0.335 e. The normalized spacial score (nSPS) is 26.2. The third-order valence-electron chi connectivity index (χ3n) is 8.44. The van der Waals surface area contributed by atoms with E-state index in [9.17, 15) is 9.90 Å². The van der Waals surface area contributed by atoms with E-state index in [1.165, 1.54) is 23.2 Å². The van der Waals surface area contributed by atoms with Gasteiger partial charge < -0.3 is 10.0 Å². The number of carboxylic acid groups (broad SMARTS) is 1. The van der Waals surface area contributed by atoms with Crippen molar-refractivity contribution >= 4 is 28.8 Å². The van der Waals surface area contributed by atoms with Crippen molar-refractivity contribution in [3.05, 3.63) is 132 Å². The maximum absolute atomic E-state index is 11.3. The van der Waals surface area contributed by atoms with Crippen molar-refractivity contribution in [2.24, 2.45) is 15.9 Å². The summed E-state index contributed by atoms with van der Waals surface area (Å²) in [7, 11) is 0. The Morgan fingerprint density at radius 3 is 2.38 bits per heavy atom. The van der Waals surface area contributed by atoms with E-state index in [2.05, 4.69) is 83.8 Å². The summed E-state index contributed by atoms with van der Waals surface area (Å²) in [6, 6.07) is 28.3. The molecule has 0 aromatic heterocycles. The highest BCUT2D eigenvalue weighted by Gasteiger charge is 2.56. The average Bonchev–Trinajstić information content (AvgIpc) is 3.30. The Morgan fingerprint density at radius 2 is 1.64 bits per heavy atom. The molecule has 0 unspecified atom stereocenters. The van der Waals surface area contributed by atoms with Gasteiger partial charge in [0.25, 0.3) is 0 Å². The number of fused-ring (bicyclic) bond motifs is 2. The predicted octanol–water partition coefficient (Wildman–Crippen LogP) is 7.39. The molecule has 192 valence electrons. The van der Waals surface area contributed by atoms with E-state index in [1.807, 2.05) is 6.08 Å². The van der Waals surface area contributed by atoms with Crippen LogP contribution in [0.15, 0.2) is 125 Å². The minimum Gasteiger partial charge on any atom is -0.478 e. The summed E-state index contributed by atoms with van der Waals surface area (Å²) in [5.41, 5.74) is 7.32. The van der Waals surface area contributed by atoms with Crippen molar-refractivity contribution in [2.45, 2.75) is 37.3 Å². The van der Waals surface area contributed by atoms with Gasteiger partial charge in [-0.15, -0.1) is 0 Å². The zero-order valence-corrected chi connectivity index (χ0v) is 21.6. The number of carboxylic acids is 1. The first-order valence-electron chi connectivity index (χ1n) is 13.7. The Bertz CT molecular complexity index is 1580. The van der Waals surface area contributed by atoms with Crippen molar-refractivity contribution in [3.8, 4) is 0 Å². The highest BCUT2D eigenvalue weighted by Crippen LogP contribution is 2.57. The van der Waals surface area contributed by atoms with Gasteiger partial charge in [0.2, 0.25) is 0 Å². The van der Waals surface area contributed by atoms with Gasteiger partial charge in [-0.3, -0.25) is 4.99 Å². The largest absolute Gasteiger partial charge is 0.478 e. The van der Waals surface area contributed by atoms with Gasteiger partial charge in [0, 0.05) is 17.5 Å². The Labute approximate surface area is 228 Å². The van der Waals surface area contributed by atoms with E-state index in [0.29, 0.717) is 5.92 Å². The summed E-state index contributed by atoms with van der Waals surface area (Å²) in [6.07, 6.45) is 13.3. The average molecular weight is 512 g/mol. The Balaban J connectivity index is 1.37. The summed E-state index contributed by atoms with van der Waals surface area (Å²) in [4.78, 5) is 24.1. The molecule has 2 heterocycles. The molecule has 2 aliphatic carbocycles. The van der Waals surface area contributed by atoms with Gasteiger partial charge in [0.1, 0.15) is 5.66 Å². The number of allylic oxidation sites excluding steroid dienone is 4. The van der Waals surface area contributed by atoms with E-state index in [4.69, 9.17) is 9.98 Å². The van der Waals surface area contributed by atoms with Crippen molar-refractivity contribution in [1.29, 1.82) is 0 Å². The summed E-state index contributed by atoms with van der Waals surface area (Å²) in [6.45, 7) is 0. The van der Waals surface area contributed by atoms with Crippen LogP contribution in [0.2, 0.25) is 0 Å². The molecule has 0 bridgehead atoms. The van der Waals surface area contributed by atoms with E-state index >= 15 is 0 Å². The monoisotopic (exact) mass is 511 g/mol. The molecule has 3 aromatic rings. The van der Waals surface area contributed by atoms with Crippen molar-refractivity contribution in [1.82, 2.24) is 4.90 Å². The standard InChI is InChI=1S/C34H29N3O2/c38-33(39)25-14-16-26(17-15-25)35-27-18-19-30-32(21-27)37-31(24-11-5-2-6-12-24)22-28(23-9-3-1-4-10-23)29-13-7-8-20-34(29,37)36-30/h1-6,9-12,14-19,21-22,28-29H,7-8,13,20H2,(H,38,39)/t28-,29+,34-/m1/s1. The molecular formula is C34H29N3O2. The summed E-state index contributed by atoms with van der Waals surface area (Å²) >= 11 is 0. The lowest BCUT2D eigenvalue weighted by atomic mass is 9.66. The lowest BCUT2D eigenvalue weighted by Crippen LogP contribution is -2.54. The van der Waals surface area contributed by atoms with Crippen molar-refractivity contribution in [2.75, 3.05) is 0 Å². The highest BCUT2D eigenvalue weighted by atomic mass is 16.4. The van der Waals surface area contributed by atoms with Crippen LogP contribution in [0.25, 0.3) is 5.70 Å². The van der Waals surface area contributed by atoms with Crippen LogP contribution in [-0.4, -0.2) is 33.1 Å². The molecule has 0 radical (unpaired) electrons. The summed E-state index contributed by atoms with van der Waals surface area (Å²) < 4.78 is 0. The molecule has 1 spiro atoms. The first kappa shape index (κ1) is 23.6. The van der Waals surface area contributed by atoms with Crippen molar-refractivity contribution in [3.63, 3.8) is 0 Å². The summed E-state index contributed by atoms with van der Waals surface area (Å²) in [5.74, 6) is -0.280. The molecule has 1 saturated carbocycles. The quantitative estimate of drug-likeness (QED) is 0.371. The van der Waals surface area contributed by atoms with Crippen molar-refractivity contribution < 1.29 is 9.90 Å². The van der Waals surface area contributed by atoms with E-state index in [1.54, 1.807) is 24.3 Å². The lowest BCUT2D eigenvalue weighted by Gasteiger charge is -2.53. The van der Waals surface area contributed by atoms with Gasteiger partial charge in [-0.2, -0.15) is 0 Å². The minimum absolute atomic E-state index is 0.255. The molecule has 3 aromatic carbocycles. The maximum atomic E-state index is 11.3. The Hall–Kier alpha value is -4.51. The fourth-order valence-electron chi connectivity index (χ4n) is 6.74. The first-order chi connectivity index (χ1) is 19.1. The fourth-order valence-corrected chi connectivity index (χ4v) is 6.74. The molecule has 1 fully saturated rings. The number of rotatable bonds is 4. The van der Waals surface area contributed by atoms with Gasteiger partial charge in [0.15, 0.2) is 0 Å². The number of carbonyl (C=O) groups is 1. The van der Waals surface area contributed by atoms with Gasteiger partial charge in [-0.05, 0) is 72.9 Å². The Kier molecular flexibility index (Phi) is 5.66. The zero-order chi connectivity index (χ0) is 26.4. The van der Waals surface area contributed by atoms with Gasteiger partial charge >= 0.3 is 5.97 Å². The van der Waals surface area contributed by atoms with Crippen LogP contribution in [-0.2, 0) is 0 Å². The molecule has 1 N–H and O–H groups in total. The zero-order valence-electron chi connectivity index (χ0n) is 21.6. The molecule has 5 nitrogen and oxygen atoms in total. The molecule has 0 amide bonds. The Morgan fingerprint density at radius 1 is 0.897 bits per heavy atom. The topological polar surface area (TPSA) is 65.3 Å². The SMILES string of the molecule is O=C(O)c1ccc(N=C2C=CC3=N[C@@]45CCCC[C@H]4[C@@H](c4ccccc4)C=C(c4ccccc4)N5C3=C2)cc1. The second kappa shape index (κ2) is 9.35. The predicted molar refractivity (Wildman–Crippen MR) is 155 cm³/mol.